The second-order valence-corrected chi connectivity index (χ2v) is 22.6. The van der Waals surface area contributed by atoms with Gasteiger partial charge in [0, 0.05) is 32.3 Å². The smallest absolute Gasteiger partial charge is 0.0713 e. The highest BCUT2D eigenvalue weighted by atomic mass is 32.2. The molecule has 1 aliphatic heterocycles. The molecule has 0 amide bonds. The van der Waals surface area contributed by atoms with Crippen molar-refractivity contribution in [2.75, 3.05) is 4.90 Å². The summed E-state index contributed by atoms with van der Waals surface area (Å²) in [5.41, 5.74) is 17.8. The normalized spacial score (nSPS) is 25.7. The molecular weight excluding hydrogens is 779 g/mol. The number of nitrogens with zero attached hydrogens (tertiary/aromatic N) is 1. The minimum absolute atomic E-state index is 0.0727. The fourth-order valence-electron chi connectivity index (χ4n) is 14.8. The molecule has 0 radical (unpaired) electrons. The van der Waals surface area contributed by atoms with E-state index < -0.39 is 5.41 Å². The van der Waals surface area contributed by atoms with Gasteiger partial charge in [0.15, 0.2) is 0 Å². The Balaban J connectivity index is 1.02. The van der Waals surface area contributed by atoms with Crippen LogP contribution in [0, 0.1) is 23.7 Å². The van der Waals surface area contributed by atoms with Crippen molar-refractivity contribution in [2.45, 2.75) is 104 Å². The van der Waals surface area contributed by atoms with Crippen molar-refractivity contribution in [3.8, 4) is 11.1 Å². The highest BCUT2D eigenvalue weighted by Gasteiger charge is 2.61. The molecule has 0 atom stereocenters. The number of hydrogen-bond donors (Lipinski definition) is 0. The molecular formula is C61H57NS. The lowest BCUT2D eigenvalue weighted by Crippen LogP contribution is -2.57. The Labute approximate surface area is 379 Å². The standard InChI is InChI=1S/C61H57NS/c1-58(2)30-31-59(3,4)54-37-46(26-28-52(54)58)62(47-27-29-57-55(38-47)61(53-20-12-13-21-56(53)63-57)43-33-39-32-40(35-43)36-44(61)34-39)45-24-22-42(23-25-45)60(41-14-6-5-7-15-41)50-18-10-8-16-48(50)49-17-9-11-19-51(49)60/h5-29,37-40,43-44H,30-36H2,1-4H3. The Hall–Kier alpha value is -5.31. The summed E-state index contributed by atoms with van der Waals surface area (Å²) in [6.07, 6.45) is 9.39. The largest absolute Gasteiger partial charge is 0.310 e. The Kier molecular flexibility index (Phi) is 8.24. The molecule has 7 aliphatic rings. The van der Waals surface area contributed by atoms with Crippen LogP contribution in [-0.4, -0.2) is 0 Å². The van der Waals surface area contributed by atoms with Crippen LogP contribution in [0.2, 0.25) is 0 Å². The van der Waals surface area contributed by atoms with Crippen molar-refractivity contribution < 1.29 is 0 Å². The van der Waals surface area contributed by atoms with Crippen LogP contribution in [0.15, 0.2) is 174 Å². The van der Waals surface area contributed by atoms with Gasteiger partial charge in [0.25, 0.3) is 0 Å². The SMILES string of the molecule is CC1(C)CCC(C)(C)c2cc(N(c3ccc(C4(c5ccccc5)c5ccccc5-c5ccccc54)cc3)c3ccc4c(c3)C3(c5ccccc5S4)C4CC5CC(C4)CC3C5)ccc21. The third-order valence-electron chi connectivity index (χ3n) is 17.5. The molecule has 1 spiro atoms. The van der Waals surface area contributed by atoms with Gasteiger partial charge in [0.05, 0.1) is 5.41 Å². The van der Waals surface area contributed by atoms with Crippen LogP contribution in [0.3, 0.4) is 0 Å². The van der Waals surface area contributed by atoms with Gasteiger partial charge in [0.2, 0.25) is 0 Å². The predicted molar refractivity (Wildman–Crippen MR) is 262 cm³/mol. The summed E-state index contributed by atoms with van der Waals surface area (Å²) in [4.78, 5) is 5.57. The highest BCUT2D eigenvalue weighted by molar-refractivity contribution is 7.99. The molecule has 7 aromatic carbocycles. The molecule has 2 heteroatoms. The van der Waals surface area contributed by atoms with Crippen molar-refractivity contribution >= 4 is 28.8 Å². The fraction of sp³-hybridized carbons (Fsp3) is 0.311. The second kappa shape index (κ2) is 13.6. The third-order valence-corrected chi connectivity index (χ3v) is 18.6. The molecule has 14 rings (SSSR count). The summed E-state index contributed by atoms with van der Waals surface area (Å²) >= 11 is 2.01. The maximum absolute atomic E-state index is 2.68. The van der Waals surface area contributed by atoms with E-state index in [1.165, 1.54) is 116 Å². The van der Waals surface area contributed by atoms with E-state index in [1.54, 1.807) is 11.1 Å². The molecule has 1 nitrogen and oxygen atoms in total. The van der Waals surface area contributed by atoms with Gasteiger partial charge >= 0.3 is 0 Å². The summed E-state index contributed by atoms with van der Waals surface area (Å²) in [5, 5.41) is 0. The van der Waals surface area contributed by atoms with Gasteiger partial charge in [-0.05, 0) is 184 Å². The number of benzene rings is 7. The van der Waals surface area contributed by atoms with Crippen LogP contribution in [0.25, 0.3) is 11.1 Å². The lowest BCUT2D eigenvalue weighted by atomic mass is 9.42. The van der Waals surface area contributed by atoms with Crippen molar-refractivity contribution in [1.82, 2.24) is 0 Å². The second-order valence-electron chi connectivity index (χ2n) is 21.5. The monoisotopic (exact) mass is 835 g/mol. The van der Waals surface area contributed by atoms with Crippen molar-refractivity contribution in [2.24, 2.45) is 23.7 Å². The van der Waals surface area contributed by atoms with Gasteiger partial charge in [-0.15, -0.1) is 0 Å². The molecule has 4 fully saturated rings. The van der Waals surface area contributed by atoms with Gasteiger partial charge in [-0.2, -0.15) is 0 Å². The Bertz CT molecular complexity index is 2880. The summed E-state index contributed by atoms with van der Waals surface area (Å²) < 4.78 is 0. The van der Waals surface area contributed by atoms with Crippen LogP contribution in [0.5, 0.6) is 0 Å². The number of hydrogen-bond acceptors (Lipinski definition) is 2. The van der Waals surface area contributed by atoms with Crippen molar-refractivity contribution in [3.63, 3.8) is 0 Å². The molecule has 4 bridgehead atoms. The third kappa shape index (κ3) is 5.31. The van der Waals surface area contributed by atoms with Crippen LogP contribution in [-0.2, 0) is 21.7 Å². The van der Waals surface area contributed by atoms with Crippen molar-refractivity contribution in [3.05, 3.63) is 208 Å². The maximum Gasteiger partial charge on any atom is 0.0713 e. The first kappa shape index (κ1) is 38.2. The van der Waals surface area contributed by atoms with Crippen LogP contribution < -0.4 is 4.90 Å². The Morgan fingerprint density at radius 3 is 1.56 bits per heavy atom. The molecule has 6 aliphatic carbocycles. The maximum atomic E-state index is 2.68. The average molecular weight is 836 g/mol. The molecule has 0 N–H and O–H groups in total. The van der Waals surface area contributed by atoms with E-state index in [1.807, 2.05) is 11.8 Å². The summed E-state index contributed by atoms with van der Waals surface area (Å²) in [6, 6.07) is 63.8. The van der Waals surface area contributed by atoms with Crippen molar-refractivity contribution in [1.29, 1.82) is 0 Å². The van der Waals surface area contributed by atoms with Gasteiger partial charge in [-0.3, -0.25) is 0 Å². The van der Waals surface area contributed by atoms with E-state index in [0.717, 1.165) is 11.8 Å². The summed E-state index contributed by atoms with van der Waals surface area (Å²) in [7, 11) is 0. The molecule has 0 unspecified atom stereocenters. The molecule has 4 saturated carbocycles. The quantitative estimate of drug-likeness (QED) is 0.170. The number of anilines is 3. The average Bonchev–Trinajstić information content (AvgIpc) is 3.61. The zero-order chi connectivity index (χ0) is 42.3. The Morgan fingerprint density at radius 1 is 0.413 bits per heavy atom. The first-order valence-corrected chi connectivity index (χ1v) is 24.7. The van der Waals surface area contributed by atoms with Crippen LogP contribution in [0.1, 0.15) is 117 Å². The lowest BCUT2D eigenvalue weighted by Gasteiger charge is -2.63. The predicted octanol–water partition coefficient (Wildman–Crippen LogP) is 16.1. The van der Waals surface area contributed by atoms with Gasteiger partial charge in [0.1, 0.15) is 0 Å². The van der Waals surface area contributed by atoms with E-state index in [2.05, 4.69) is 196 Å². The molecule has 1 heterocycles. The molecule has 7 aromatic rings. The van der Waals surface area contributed by atoms with Crippen LogP contribution in [0.4, 0.5) is 17.1 Å². The molecule has 0 aromatic heterocycles. The zero-order valence-corrected chi connectivity index (χ0v) is 38.0. The summed E-state index contributed by atoms with van der Waals surface area (Å²) in [5.74, 6) is 3.22. The zero-order valence-electron chi connectivity index (χ0n) is 37.2. The lowest BCUT2D eigenvalue weighted by molar-refractivity contribution is -0.0443. The molecule has 0 saturated heterocycles. The topological polar surface area (TPSA) is 3.24 Å². The number of fused-ring (bicyclic) bond motifs is 6. The fourth-order valence-corrected chi connectivity index (χ4v) is 16.0. The van der Waals surface area contributed by atoms with Gasteiger partial charge < -0.3 is 4.90 Å². The highest BCUT2D eigenvalue weighted by Crippen LogP contribution is 2.69. The van der Waals surface area contributed by atoms with E-state index in [4.69, 9.17) is 0 Å². The first-order valence-electron chi connectivity index (χ1n) is 23.9. The van der Waals surface area contributed by atoms with Crippen LogP contribution >= 0.6 is 11.8 Å². The first-order chi connectivity index (χ1) is 30.7. The molecule has 312 valence electrons. The van der Waals surface area contributed by atoms with E-state index in [0.29, 0.717) is 11.8 Å². The minimum atomic E-state index is -0.429. The summed E-state index contributed by atoms with van der Waals surface area (Å²) in [6.45, 7) is 9.83. The number of rotatable bonds is 5. The van der Waals surface area contributed by atoms with E-state index in [-0.39, 0.29) is 16.2 Å². The van der Waals surface area contributed by atoms with Gasteiger partial charge in [-0.1, -0.05) is 155 Å². The molecule has 63 heavy (non-hydrogen) atoms. The Morgan fingerprint density at radius 2 is 0.905 bits per heavy atom. The van der Waals surface area contributed by atoms with E-state index in [9.17, 15) is 0 Å². The van der Waals surface area contributed by atoms with E-state index >= 15 is 0 Å². The minimum Gasteiger partial charge on any atom is -0.310 e. The van der Waals surface area contributed by atoms with Gasteiger partial charge in [-0.25, -0.2) is 0 Å².